The Labute approximate surface area is 181 Å². The smallest absolute Gasteiger partial charge is 0.256 e. The zero-order valence-corrected chi connectivity index (χ0v) is 17.5. The van der Waals surface area contributed by atoms with Crippen LogP contribution in [0.25, 0.3) is 27.8 Å². The molecule has 0 amide bonds. The zero-order chi connectivity index (χ0) is 22.0. The molecule has 2 aliphatic rings. The van der Waals surface area contributed by atoms with Crippen molar-refractivity contribution >= 4 is 22.6 Å². The third-order valence-electron chi connectivity index (χ3n) is 6.35. The van der Waals surface area contributed by atoms with Crippen molar-refractivity contribution in [1.29, 1.82) is 0 Å². The second-order valence-corrected chi connectivity index (χ2v) is 8.23. The number of halogens is 2. The Balaban J connectivity index is 1.40. The maximum absolute atomic E-state index is 13.1. The molecule has 0 aromatic carbocycles. The predicted molar refractivity (Wildman–Crippen MR) is 112 cm³/mol. The van der Waals surface area contributed by atoms with Crippen LogP contribution in [0.1, 0.15) is 5.82 Å². The summed E-state index contributed by atoms with van der Waals surface area (Å²) in [5, 5.41) is 7.99. The summed E-state index contributed by atoms with van der Waals surface area (Å²) in [7, 11) is 1.56. The number of pyridine rings is 1. The van der Waals surface area contributed by atoms with Gasteiger partial charge in [-0.05, 0) is 19.1 Å². The number of methoxy groups -OCH3 is 1. The average molecular weight is 441 g/mol. The molecule has 11 heteroatoms. The van der Waals surface area contributed by atoms with Gasteiger partial charge in [0.25, 0.3) is 6.43 Å². The van der Waals surface area contributed by atoms with Crippen LogP contribution >= 0.6 is 0 Å². The summed E-state index contributed by atoms with van der Waals surface area (Å²) < 4.78 is 40.4. The first-order valence-electron chi connectivity index (χ1n) is 10.4. The van der Waals surface area contributed by atoms with Crippen molar-refractivity contribution in [2.24, 2.45) is 11.8 Å². The molecule has 0 unspecified atom stereocenters. The molecular weight excluding hydrogens is 420 g/mol. The van der Waals surface area contributed by atoms with Crippen LogP contribution < -0.4 is 10.1 Å². The maximum Gasteiger partial charge on any atom is 0.256 e. The van der Waals surface area contributed by atoms with E-state index in [1.54, 1.807) is 24.7 Å². The Hall–Kier alpha value is -3.34. The molecule has 3 atom stereocenters. The quantitative estimate of drug-likeness (QED) is 0.492. The molecule has 1 saturated carbocycles. The van der Waals surface area contributed by atoms with Crippen molar-refractivity contribution in [3.63, 3.8) is 0 Å². The summed E-state index contributed by atoms with van der Waals surface area (Å²) in [4.78, 5) is 13.3. The summed E-state index contributed by atoms with van der Waals surface area (Å²) in [5.74, 6) is 2.44. The van der Waals surface area contributed by atoms with E-state index in [1.165, 1.54) is 4.57 Å². The molecule has 1 saturated heterocycles. The summed E-state index contributed by atoms with van der Waals surface area (Å²) in [6.45, 7) is 2.81. The van der Waals surface area contributed by atoms with Gasteiger partial charge in [-0.2, -0.15) is 4.98 Å². The van der Waals surface area contributed by atoms with E-state index in [0.717, 1.165) is 24.3 Å². The van der Waals surface area contributed by atoms with Crippen LogP contribution in [0.15, 0.2) is 24.5 Å². The van der Waals surface area contributed by atoms with Crippen molar-refractivity contribution in [3.05, 3.63) is 30.4 Å². The number of anilines is 1. The number of alkyl halides is 2. The molecule has 0 spiro atoms. The lowest BCUT2D eigenvalue weighted by Crippen LogP contribution is -2.16. The van der Waals surface area contributed by atoms with E-state index in [9.17, 15) is 8.78 Å². The number of hydrogen-bond donors (Lipinski definition) is 1. The molecule has 1 N–H and O–H groups in total. The van der Waals surface area contributed by atoms with Gasteiger partial charge in [-0.15, -0.1) is 5.10 Å². The second-order valence-electron chi connectivity index (χ2n) is 8.23. The van der Waals surface area contributed by atoms with Gasteiger partial charge < -0.3 is 19.4 Å². The standard InChI is InChI=1S/C21H21F2N7O2/c1-10-25-19-15(29(10)7-16(22)23)5-11(6-24-19)12-3-4-30-18(12)20(31-2)27-21(28-30)26-17-13-8-32-9-14(13)17/h3-6,13-14,16-17H,7-9H2,1-2H3,(H,26,28)/t13-,14+,17+. The van der Waals surface area contributed by atoms with Crippen LogP contribution in [0, 0.1) is 18.8 Å². The first kappa shape index (κ1) is 19.4. The Morgan fingerprint density at radius 1 is 1.28 bits per heavy atom. The zero-order valence-electron chi connectivity index (χ0n) is 17.5. The molecule has 0 bridgehead atoms. The van der Waals surface area contributed by atoms with E-state index in [-0.39, 0.29) is 0 Å². The largest absolute Gasteiger partial charge is 0.479 e. The molecule has 4 aromatic heterocycles. The number of nitrogens with one attached hydrogen (secondary N) is 1. The first-order chi connectivity index (χ1) is 15.5. The molecule has 1 aliphatic heterocycles. The number of rotatable bonds is 6. The highest BCUT2D eigenvalue weighted by Gasteiger charge is 2.54. The van der Waals surface area contributed by atoms with E-state index in [1.807, 2.05) is 18.3 Å². The van der Waals surface area contributed by atoms with Crippen LogP contribution in [0.3, 0.4) is 0 Å². The third-order valence-corrected chi connectivity index (χ3v) is 6.35. The molecule has 9 nitrogen and oxygen atoms in total. The van der Waals surface area contributed by atoms with Crippen molar-refractivity contribution in [3.8, 4) is 17.0 Å². The highest BCUT2D eigenvalue weighted by atomic mass is 19.3. The molecule has 1 aliphatic carbocycles. The molecule has 32 heavy (non-hydrogen) atoms. The monoisotopic (exact) mass is 441 g/mol. The van der Waals surface area contributed by atoms with Gasteiger partial charge in [-0.25, -0.2) is 23.3 Å². The SMILES string of the molecule is COc1nc(N[C@H]2[C@@H]3COC[C@@H]32)nn2ccc(-c3cnc4nc(C)n(CC(F)F)c4c3)c12. The van der Waals surface area contributed by atoms with E-state index in [0.29, 0.717) is 52.2 Å². The number of fused-ring (bicyclic) bond motifs is 3. The second kappa shape index (κ2) is 7.09. The van der Waals surface area contributed by atoms with Crippen LogP contribution in [-0.2, 0) is 11.3 Å². The molecule has 166 valence electrons. The third kappa shape index (κ3) is 2.99. The number of aryl methyl sites for hydroxylation is 1. The molecule has 2 fully saturated rings. The number of nitrogens with zero attached hydrogens (tertiary/aromatic N) is 6. The van der Waals surface area contributed by atoms with Gasteiger partial charge in [0.1, 0.15) is 11.3 Å². The van der Waals surface area contributed by atoms with Crippen molar-refractivity contribution in [2.75, 3.05) is 25.6 Å². The molecule has 4 aromatic rings. The molecule has 5 heterocycles. The summed E-state index contributed by atoms with van der Waals surface area (Å²) in [6.07, 6.45) is 1.01. The Kier molecular flexibility index (Phi) is 4.29. The lowest BCUT2D eigenvalue weighted by Gasteiger charge is -2.11. The minimum Gasteiger partial charge on any atom is -0.479 e. The molecule has 0 radical (unpaired) electrons. The lowest BCUT2D eigenvalue weighted by molar-refractivity contribution is 0.127. The topological polar surface area (TPSA) is 91.4 Å². The number of ether oxygens (including phenoxy) is 2. The van der Waals surface area contributed by atoms with Crippen molar-refractivity contribution in [1.82, 2.24) is 29.1 Å². The lowest BCUT2D eigenvalue weighted by atomic mass is 10.1. The van der Waals surface area contributed by atoms with E-state index in [2.05, 4.69) is 25.4 Å². The molecular formula is C21H21F2N7O2. The fraction of sp³-hybridized carbons (Fsp3) is 0.429. The van der Waals surface area contributed by atoms with Gasteiger partial charge in [0, 0.05) is 41.4 Å². The average Bonchev–Trinajstić information content (AvgIpc) is 3.19. The Morgan fingerprint density at radius 2 is 2.09 bits per heavy atom. The fourth-order valence-electron chi connectivity index (χ4n) is 4.67. The normalized spacial score (nSPS) is 22.1. The van der Waals surface area contributed by atoms with E-state index >= 15 is 0 Å². The van der Waals surface area contributed by atoms with E-state index < -0.39 is 13.0 Å². The van der Waals surface area contributed by atoms with E-state index in [4.69, 9.17) is 9.47 Å². The summed E-state index contributed by atoms with van der Waals surface area (Å²) in [6, 6.07) is 4.03. The molecule has 6 rings (SSSR count). The Morgan fingerprint density at radius 3 is 2.84 bits per heavy atom. The summed E-state index contributed by atoms with van der Waals surface area (Å²) in [5.41, 5.74) is 3.20. The van der Waals surface area contributed by atoms with Crippen LogP contribution in [-0.4, -0.2) is 61.9 Å². The predicted octanol–water partition coefficient (Wildman–Crippen LogP) is 2.78. The van der Waals surface area contributed by atoms with Gasteiger partial charge in [0.2, 0.25) is 11.8 Å². The number of hydrogen-bond acceptors (Lipinski definition) is 7. The highest BCUT2D eigenvalue weighted by Crippen LogP contribution is 2.45. The van der Waals surface area contributed by atoms with Crippen molar-refractivity contribution in [2.45, 2.75) is 25.9 Å². The summed E-state index contributed by atoms with van der Waals surface area (Å²) >= 11 is 0. The first-order valence-corrected chi connectivity index (χ1v) is 10.4. The van der Waals surface area contributed by atoms with Crippen molar-refractivity contribution < 1.29 is 18.3 Å². The van der Waals surface area contributed by atoms with Gasteiger partial charge >= 0.3 is 0 Å². The van der Waals surface area contributed by atoms with Crippen LogP contribution in [0.5, 0.6) is 5.88 Å². The minimum absolute atomic E-state index is 0.325. The van der Waals surface area contributed by atoms with Crippen LogP contribution in [0.4, 0.5) is 14.7 Å². The van der Waals surface area contributed by atoms with Gasteiger partial charge in [0.15, 0.2) is 5.65 Å². The highest BCUT2D eigenvalue weighted by molar-refractivity contribution is 5.88. The minimum atomic E-state index is -2.48. The number of aromatic nitrogens is 6. The van der Waals surface area contributed by atoms with Gasteiger partial charge in [0.05, 0.1) is 32.4 Å². The fourth-order valence-corrected chi connectivity index (χ4v) is 4.67. The van der Waals surface area contributed by atoms with Crippen LogP contribution in [0.2, 0.25) is 0 Å². The van der Waals surface area contributed by atoms with Gasteiger partial charge in [-0.3, -0.25) is 0 Å². The maximum atomic E-state index is 13.1. The van der Waals surface area contributed by atoms with Gasteiger partial charge in [-0.1, -0.05) is 0 Å². The number of imidazole rings is 1. The Bertz CT molecular complexity index is 1320.